The summed E-state index contributed by atoms with van der Waals surface area (Å²) in [4.78, 5) is 27.2. The summed E-state index contributed by atoms with van der Waals surface area (Å²) in [6.45, 7) is 2.26. The van der Waals surface area contributed by atoms with Crippen molar-refractivity contribution in [3.63, 3.8) is 0 Å². The lowest BCUT2D eigenvalue weighted by atomic mass is 10.0. The smallest absolute Gasteiger partial charge is 0.243 e. The molecular formula is C21H24BrN3O4S. The van der Waals surface area contributed by atoms with Crippen LogP contribution in [0, 0.1) is 6.92 Å². The summed E-state index contributed by atoms with van der Waals surface area (Å²) in [7, 11) is -3.07. The van der Waals surface area contributed by atoms with E-state index in [9.17, 15) is 18.0 Å². The van der Waals surface area contributed by atoms with Crippen LogP contribution in [-0.2, 0) is 19.4 Å². The zero-order valence-electron chi connectivity index (χ0n) is 16.6. The van der Waals surface area contributed by atoms with Gasteiger partial charge in [-0.25, -0.2) is 8.42 Å². The van der Waals surface area contributed by atoms with Crippen LogP contribution in [0.5, 0.6) is 0 Å². The Bertz CT molecular complexity index is 1010. The average Bonchev–Trinajstić information content (AvgIpc) is 2.71. The molecule has 1 aliphatic rings. The van der Waals surface area contributed by atoms with E-state index in [-0.39, 0.29) is 43.0 Å². The number of nitrogens with one attached hydrogen (secondary N) is 2. The van der Waals surface area contributed by atoms with E-state index in [1.165, 1.54) is 0 Å². The van der Waals surface area contributed by atoms with E-state index >= 15 is 0 Å². The number of halogens is 1. The number of nitrogens with zero attached hydrogens (tertiary/aromatic N) is 1. The van der Waals surface area contributed by atoms with Gasteiger partial charge in [-0.2, -0.15) is 0 Å². The summed E-state index contributed by atoms with van der Waals surface area (Å²) in [6.07, 6.45) is 0. The molecule has 1 aliphatic heterocycles. The van der Waals surface area contributed by atoms with Crippen molar-refractivity contribution >= 4 is 43.3 Å². The highest BCUT2D eigenvalue weighted by Gasteiger charge is 2.32. The Kier molecular flexibility index (Phi) is 7.27. The van der Waals surface area contributed by atoms with Crippen molar-refractivity contribution in [1.82, 2.24) is 10.2 Å². The first kappa shape index (κ1) is 22.5. The predicted molar refractivity (Wildman–Crippen MR) is 120 cm³/mol. The highest BCUT2D eigenvalue weighted by atomic mass is 79.9. The molecule has 2 aromatic rings. The Morgan fingerprint density at radius 2 is 1.77 bits per heavy atom. The van der Waals surface area contributed by atoms with Crippen molar-refractivity contribution < 1.29 is 18.0 Å². The molecule has 0 spiro atoms. The zero-order chi connectivity index (χ0) is 21.7. The molecule has 0 radical (unpaired) electrons. The molecule has 160 valence electrons. The third-order valence-electron chi connectivity index (χ3n) is 4.99. The second kappa shape index (κ2) is 9.72. The third-order valence-corrected chi connectivity index (χ3v) is 7.10. The Balaban J connectivity index is 1.67. The van der Waals surface area contributed by atoms with Crippen LogP contribution in [0.2, 0.25) is 0 Å². The van der Waals surface area contributed by atoms with Crippen LogP contribution in [0.3, 0.4) is 0 Å². The van der Waals surface area contributed by atoms with Gasteiger partial charge < -0.3 is 10.6 Å². The quantitative estimate of drug-likeness (QED) is 0.643. The normalized spacial score (nSPS) is 17.1. The Labute approximate surface area is 184 Å². The van der Waals surface area contributed by atoms with Crippen molar-refractivity contribution in [2.75, 3.05) is 36.5 Å². The molecule has 0 aromatic heterocycles. The minimum absolute atomic E-state index is 0.0208. The van der Waals surface area contributed by atoms with Gasteiger partial charge in [0.15, 0.2) is 9.84 Å². The predicted octanol–water partition coefficient (Wildman–Crippen LogP) is 2.28. The van der Waals surface area contributed by atoms with Gasteiger partial charge in [0.1, 0.15) is 6.04 Å². The fourth-order valence-electron chi connectivity index (χ4n) is 3.37. The van der Waals surface area contributed by atoms with E-state index in [4.69, 9.17) is 0 Å². The average molecular weight is 494 g/mol. The van der Waals surface area contributed by atoms with Crippen LogP contribution < -0.4 is 10.6 Å². The number of anilines is 1. The number of carbonyl (C=O) groups excluding carboxylic acids is 2. The van der Waals surface area contributed by atoms with Crippen molar-refractivity contribution in [3.05, 3.63) is 64.1 Å². The SMILES string of the molecule is Cc1cc(Br)ccc1NC(=O)CNC(=O)C(c1ccccc1)N1CCS(=O)(=O)CC1. The lowest BCUT2D eigenvalue weighted by molar-refractivity contribution is -0.128. The number of amides is 2. The summed E-state index contributed by atoms with van der Waals surface area (Å²) in [5, 5.41) is 5.49. The molecule has 9 heteroatoms. The molecule has 2 amide bonds. The van der Waals surface area contributed by atoms with Crippen LogP contribution >= 0.6 is 15.9 Å². The van der Waals surface area contributed by atoms with Gasteiger partial charge in [-0.3, -0.25) is 14.5 Å². The second-order valence-electron chi connectivity index (χ2n) is 7.23. The fraction of sp³-hybridized carbons (Fsp3) is 0.333. The van der Waals surface area contributed by atoms with E-state index in [1.54, 1.807) is 6.07 Å². The summed E-state index contributed by atoms with van der Waals surface area (Å²) in [5.74, 6) is -0.620. The summed E-state index contributed by atoms with van der Waals surface area (Å²) >= 11 is 3.38. The first-order valence-corrected chi connectivity index (χ1v) is 12.2. The molecule has 3 rings (SSSR count). The van der Waals surface area contributed by atoms with Crippen LogP contribution in [0.4, 0.5) is 5.69 Å². The number of hydrogen-bond donors (Lipinski definition) is 2. The minimum Gasteiger partial charge on any atom is -0.345 e. The molecule has 1 unspecified atom stereocenters. The van der Waals surface area contributed by atoms with E-state index in [0.717, 1.165) is 15.6 Å². The molecule has 1 heterocycles. The van der Waals surface area contributed by atoms with Crippen LogP contribution in [0.1, 0.15) is 17.2 Å². The van der Waals surface area contributed by atoms with Gasteiger partial charge in [0, 0.05) is 23.2 Å². The molecule has 2 aromatic carbocycles. The zero-order valence-corrected chi connectivity index (χ0v) is 19.0. The second-order valence-corrected chi connectivity index (χ2v) is 10.4. The molecule has 1 atom stereocenters. The first-order valence-electron chi connectivity index (χ1n) is 9.58. The van der Waals surface area contributed by atoms with Crippen molar-refractivity contribution in [2.24, 2.45) is 0 Å². The summed E-state index contributed by atoms with van der Waals surface area (Å²) < 4.78 is 24.5. The largest absolute Gasteiger partial charge is 0.345 e. The van der Waals surface area contributed by atoms with Crippen molar-refractivity contribution in [1.29, 1.82) is 0 Å². The number of aryl methyl sites for hydroxylation is 1. The first-order chi connectivity index (χ1) is 14.2. The van der Waals surface area contributed by atoms with Gasteiger partial charge >= 0.3 is 0 Å². The Hall–Kier alpha value is -2.23. The van der Waals surface area contributed by atoms with Gasteiger partial charge in [0.25, 0.3) is 0 Å². The van der Waals surface area contributed by atoms with Gasteiger partial charge in [0.05, 0.1) is 18.1 Å². The molecular weight excluding hydrogens is 470 g/mol. The molecule has 0 saturated carbocycles. The standard InChI is InChI=1S/C21H24BrN3O4S/c1-15-13-17(22)7-8-18(15)24-19(26)14-23-21(27)20(16-5-3-2-4-6-16)25-9-11-30(28,29)12-10-25/h2-8,13,20H,9-12,14H2,1H3,(H,23,27)(H,24,26). The highest BCUT2D eigenvalue weighted by molar-refractivity contribution is 9.10. The number of carbonyl (C=O) groups is 2. The molecule has 7 nitrogen and oxygen atoms in total. The van der Waals surface area contributed by atoms with Gasteiger partial charge in [-0.1, -0.05) is 46.3 Å². The Morgan fingerprint density at radius 1 is 1.10 bits per heavy atom. The Morgan fingerprint density at radius 3 is 2.40 bits per heavy atom. The fourth-order valence-corrected chi connectivity index (χ4v) is 5.08. The van der Waals surface area contributed by atoms with E-state index in [2.05, 4.69) is 26.6 Å². The maximum atomic E-state index is 13.0. The lowest BCUT2D eigenvalue weighted by Gasteiger charge is -2.33. The number of benzene rings is 2. The summed E-state index contributed by atoms with van der Waals surface area (Å²) in [5.41, 5.74) is 2.34. The van der Waals surface area contributed by atoms with Crippen molar-refractivity contribution in [3.8, 4) is 0 Å². The molecule has 2 N–H and O–H groups in total. The van der Waals surface area contributed by atoms with Gasteiger partial charge in [-0.05, 0) is 36.2 Å². The molecule has 1 saturated heterocycles. The van der Waals surface area contributed by atoms with Gasteiger partial charge in [-0.15, -0.1) is 0 Å². The van der Waals surface area contributed by atoms with E-state index in [1.807, 2.05) is 54.3 Å². The van der Waals surface area contributed by atoms with Crippen molar-refractivity contribution in [2.45, 2.75) is 13.0 Å². The van der Waals surface area contributed by atoms with Gasteiger partial charge in [0.2, 0.25) is 11.8 Å². The van der Waals surface area contributed by atoms with Crippen LogP contribution in [0.25, 0.3) is 0 Å². The molecule has 1 fully saturated rings. The third kappa shape index (κ3) is 5.90. The number of rotatable bonds is 6. The van der Waals surface area contributed by atoms with E-state index < -0.39 is 15.9 Å². The number of sulfone groups is 1. The summed E-state index contributed by atoms with van der Waals surface area (Å²) in [6, 6.07) is 14.0. The lowest BCUT2D eigenvalue weighted by Crippen LogP contribution is -2.48. The molecule has 30 heavy (non-hydrogen) atoms. The van der Waals surface area contributed by atoms with Crippen LogP contribution in [0.15, 0.2) is 53.0 Å². The topological polar surface area (TPSA) is 95.6 Å². The molecule has 0 bridgehead atoms. The highest BCUT2D eigenvalue weighted by Crippen LogP contribution is 2.23. The number of hydrogen-bond acceptors (Lipinski definition) is 5. The monoisotopic (exact) mass is 493 g/mol. The minimum atomic E-state index is -3.07. The maximum absolute atomic E-state index is 13.0. The van der Waals surface area contributed by atoms with Crippen LogP contribution in [-0.4, -0.2) is 56.3 Å². The molecule has 0 aliphatic carbocycles. The maximum Gasteiger partial charge on any atom is 0.243 e. The van der Waals surface area contributed by atoms with E-state index in [0.29, 0.717) is 5.69 Å².